The first-order chi connectivity index (χ1) is 27.8. The Balaban J connectivity index is 1.18. The second-order valence-electron chi connectivity index (χ2n) is 14.4. The molecule has 9 aromatic carbocycles. The quantitative estimate of drug-likeness (QED) is 0.182. The zero-order valence-corrected chi connectivity index (χ0v) is 30.0. The normalized spacial score (nSPS) is 11.9. The maximum absolute atomic E-state index is 6.89. The highest BCUT2D eigenvalue weighted by atomic mass is 16.3. The molecule has 260 valence electrons. The van der Waals surface area contributed by atoms with E-state index in [4.69, 9.17) is 19.4 Å². The summed E-state index contributed by atoms with van der Waals surface area (Å²) in [5, 5.41) is 11.3. The van der Waals surface area contributed by atoms with Crippen LogP contribution in [0.2, 0.25) is 0 Å². The van der Waals surface area contributed by atoms with Gasteiger partial charge in [0.1, 0.15) is 11.2 Å². The largest absolute Gasteiger partial charge is 0.455 e. The van der Waals surface area contributed by atoms with Crippen LogP contribution in [0.5, 0.6) is 0 Å². The minimum atomic E-state index is 0.551. The van der Waals surface area contributed by atoms with E-state index in [0.717, 1.165) is 76.9 Å². The fourth-order valence-electron chi connectivity index (χ4n) is 8.67. The SMILES string of the molecule is c1ccc2cc3c(cc2c1)c1ccccc1n3-c1ccc(-c2nc(-c3cccc4ccccc34)nc(-c3cccc4ccccc34)n2)c2oc3ccccc3c12. The summed E-state index contributed by atoms with van der Waals surface area (Å²) in [6, 6.07) is 63.8. The van der Waals surface area contributed by atoms with E-state index in [0.29, 0.717) is 17.5 Å². The molecule has 5 heteroatoms. The molecule has 0 unspecified atom stereocenters. The molecule has 0 fully saturated rings. The highest BCUT2D eigenvalue weighted by Gasteiger charge is 2.23. The van der Waals surface area contributed by atoms with Crippen LogP contribution in [0.4, 0.5) is 0 Å². The smallest absolute Gasteiger partial charge is 0.167 e. The number of rotatable bonds is 4. The first-order valence-corrected chi connectivity index (χ1v) is 18.9. The highest BCUT2D eigenvalue weighted by molar-refractivity contribution is 6.18. The summed E-state index contributed by atoms with van der Waals surface area (Å²) in [4.78, 5) is 15.8. The fraction of sp³-hybridized carbons (Fsp3) is 0. The van der Waals surface area contributed by atoms with Crippen molar-refractivity contribution < 1.29 is 4.42 Å². The minimum absolute atomic E-state index is 0.551. The lowest BCUT2D eigenvalue weighted by Crippen LogP contribution is -2.02. The molecule has 3 heterocycles. The van der Waals surface area contributed by atoms with Crippen molar-refractivity contribution in [1.82, 2.24) is 19.5 Å². The third-order valence-electron chi connectivity index (χ3n) is 11.2. The summed E-state index contributed by atoms with van der Waals surface area (Å²) in [6.07, 6.45) is 0. The molecule has 0 aliphatic heterocycles. The van der Waals surface area contributed by atoms with E-state index in [-0.39, 0.29) is 0 Å². The maximum Gasteiger partial charge on any atom is 0.167 e. The van der Waals surface area contributed by atoms with E-state index in [1.54, 1.807) is 0 Å². The summed E-state index contributed by atoms with van der Waals surface area (Å²) in [6.45, 7) is 0. The molecular weight excluding hydrogens is 685 g/mol. The van der Waals surface area contributed by atoms with Crippen LogP contribution in [-0.4, -0.2) is 19.5 Å². The Morgan fingerprint density at radius 2 is 0.875 bits per heavy atom. The van der Waals surface area contributed by atoms with Gasteiger partial charge in [-0.15, -0.1) is 0 Å². The third-order valence-corrected chi connectivity index (χ3v) is 11.2. The average molecular weight is 715 g/mol. The van der Waals surface area contributed by atoms with Gasteiger partial charge in [-0.3, -0.25) is 0 Å². The van der Waals surface area contributed by atoms with E-state index in [2.05, 4.69) is 174 Å². The van der Waals surface area contributed by atoms with E-state index < -0.39 is 0 Å². The Kier molecular flexibility index (Phi) is 6.56. The second kappa shape index (κ2) is 11.9. The Labute approximate surface area is 320 Å². The summed E-state index contributed by atoms with van der Waals surface area (Å²) in [5.41, 5.74) is 7.54. The number of nitrogens with zero attached hydrogens (tertiary/aromatic N) is 4. The van der Waals surface area contributed by atoms with E-state index in [1.165, 1.54) is 21.5 Å². The van der Waals surface area contributed by atoms with Crippen molar-refractivity contribution in [3.63, 3.8) is 0 Å². The van der Waals surface area contributed by atoms with E-state index in [1.807, 2.05) is 12.1 Å². The first-order valence-electron chi connectivity index (χ1n) is 18.9. The lowest BCUT2D eigenvalue weighted by Gasteiger charge is -2.14. The van der Waals surface area contributed by atoms with E-state index in [9.17, 15) is 0 Å². The standard InChI is InChI=1S/C51H30N4O/c1-2-16-34-30-45-42(29-33(34)15-1)37-21-7-9-25-43(37)55(45)44-28-27-41(48-47(44)40-22-8-10-26-46(40)56-48)51-53-49(38-23-11-17-31-13-3-5-19-35(31)38)52-50(54-51)39-24-12-18-32-14-4-6-20-36(32)39/h1-30H. The summed E-state index contributed by atoms with van der Waals surface area (Å²) in [5.74, 6) is 1.77. The Bertz CT molecular complexity index is 3450. The Hall–Kier alpha value is -7.63. The lowest BCUT2D eigenvalue weighted by atomic mass is 10.0. The molecule has 0 amide bonds. The molecule has 12 rings (SSSR count). The number of aromatic nitrogens is 4. The molecule has 56 heavy (non-hydrogen) atoms. The number of hydrogen-bond donors (Lipinski definition) is 0. The van der Waals surface area contributed by atoms with Gasteiger partial charge in [-0.1, -0.05) is 146 Å². The van der Waals surface area contributed by atoms with Gasteiger partial charge in [0.05, 0.1) is 27.7 Å². The molecule has 12 aromatic rings. The molecule has 0 spiro atoms. The van der Waals surface area contributed by atoms with Crippen molar-refractivity contribution in [3.8, 4) is 39.9 Å². The lowest BCUT2D eigenvalue weighted by molar-refractivity contribution is 0.669. The summed E-state index contributed by atoms with van der Waals surface area (Å²) in [7, 11) is 0. The summed E-state index contributed by atoms with van der Waals surface area (Å²) >= 11 is 0. The van der Waals surface area contributed by atoms with Gasteiger partial charge >= 0.3 is 0 Å². The van der Waals surface area contributed by atoms with Crippen LogP contribution in [-0.2, 0) is 0 Å². The highest BCUT2D eigenvalue weighted by Crippen LogP contribution is 2.43. The van der Waals surface area contributed by atoms with Gasteiger partial charge in [0, 0.05) is 27.3 Å². The second-order valence-corrected chi connectivity index (χ2v) is 14.4. The molecule has 0 saturated carbocycles. The number of fused-ring (bicyclic) bond motifs is 9. The van der Waals surface area contributed by atoms with Gasteiger partial charge in [-0.25, -0.2) is 15.0 Å². The fourth-order valence-corrected chi connectivity index (χ4v) is 8.67. The van der Waals surface area contributed by atoms with Crippen molar-refractivity contribution in [3.05, 3.63) is 182 Å². The molecule has 0 saturated heterocycles. The predicted molar refractivity (Wildman–Crippen MR) is 230 cm³/mol. The van der Waals surface area contributed by atoms with Gasteiger partial charge in [-0.05, 0) is 68.7 Å². The molecule has 0 atom stereocenters. The molecule has 3 aromatic heterocycles. The topological polar surface area (TPSA) is 56.7 Å². The van der Waals surface area contributed by atoms with Gasteiger partial charge in [0.25, 0.3) is 0 Å². The predicted octanol–water partition coefficient (Wildman–Crippen LogP) is 13.3. The van der Waals surface area contributed by atoms with Crippen molar-refractivity contribution >= 4 is 76.1 Å². The van der Waals surface area contributed by atoms with E-state index >= 15 is 0 Å². The Morgan fingerprint density at radius 3 is 1.55 bits per heavy atom. The Morgan fingerprint density at radius 1 is 0.357 bits per heavy atom. The third kappa shape index (κ3) is 4.58. The number of benzene rings is 9. The van der Waals surface area contributed by atoms with Crippen molar-refractivity contribution in [1.29, 1.82) is 0 Å². The van der Waals surface area contributed by atoms with Crippen LogP contribution < -0.4 is 0 Å². The monoisotopic (exact) mass is 714 g/mol. The molecule has 0 radical (unpaired) electrons. The van der Waals surface area contributed by atoms with Crippen molar-refractivity contribution in [2.24, 2.45) is 0 Å². The zero-order chi connectivity index (χ0) is 36.7. The average Bonchev–Trinajstić information content (AvgIpc) is 3.81. The molecule has 0 aliphatic carbocycles. The van der Waals surface area contributed by atoms with Crippen LogP contribution in [0.25, 0.3) is 116 Å². The first kappa shape index (κ1) is 30.8. The van der Waals surface area contributed by atoms with Gasteiger partial charge < -0.3 is 8.98 Å². The molecular formula is C51H30N4O. The number of hydrogen-bond acceptors (Lipinski definition) is 4. The van der Waals surface area contributed by atoms with Crippen LogP contribution in [0, 0.1) is 0 Å². The molecule has 0 N–H and O–H groups in total. The summed E-state index contributed by atoms with van der Waals surface area (Å²) < 4.78 is 9.28. The van der Waals surface area contributed by atoms with Crippen molar-refractivity contribution in [2.45, 2.75) is 0 Å². The van der Waals surface area contributed by atoms with Crippen LogP contribution in [0.1, 0.15) is 0 Å². The van der Waals surface area contributed by atoms with Gasteiger partial charge in [0.2, 0.25) is 0 Å². The molecule has 0 aliphatic rings. The van der Waals surface area contributed by atoms with Crippen molar-refractivity contribution in [2.75, 3.05) is 0 Å². The van der Waals surface area contributed by atoms with Crippen LogP contribution >= 0.6 is 0 Å². The maximum atomic E-state index is 6.89. The number of furan rings is 1. The van der Waals surface area contributed by atoms with Gasteiger partial charge in [-0.2, -0.15) is 0 Å². The minimum Gasteiger partial charge on any atom is -0.455 e. The van der Waals surface area contributed by atoms with Crippen LogP contribution in [0.3, 0.4) is 0 Å². The number of para-hydroxylation sites is 2. The zero-order valence-electron chi connectivity index (χ0n) is 30.0. The molecule has 5 nitrogen and oxygen atoms in total. The van der Waals surface area contributed by atoms with Gasteiger partial charge in [0.15, 0.2) is 17.5 Å². The van der Waals surface area contributed by atoms with Crippen LogP contribution in [0.15, 0.2) is 186 Å². The molecule has 0 bridgehead atoms.